The Labute approximate surface area is 148 Å². The molecule has 25 heavy (non-hydrogen) atoms. The summed E-state index contributed by atoms with van der Waals surface area (Å²) in [5.41, 5.74) is 1.67. The van der Waals surface area contributed by atoms with Gasteiger partial charge >= 0.3 is 0 Å². The van der Waals surface area contributed by atoms with Crippen molar-refractivity contribution in [2.45, 2.75) is 56.8 Å². The van der Waals surface area contributed by atoms with E-state index in [-0.39, 0.29) is 11.9 Å². The molecule has 0 saturated heterocycles. The van der Waals surface area contributed by atoms with Crippen LogP contribution in [0.5, 0.6) is 5.75 Å². The summed E-state index contributed by atoms with van der Waals surface area (Å²) in [7, 11) is 0. The van der Waals surface area contributed by atoms with E-state index in [4.69, 9.17) is 4.74 Å². The fourth-order valence-electron chi connectivity index (χ4n) is 5.90. The summed E-state index contributed by atoms with van der Waals surface area (Å²) in [5.74, 6) is 2.22. The average molecular weight is 342 g/mol. The molecule has 4 aliphatic carbocycles. The molecular weight excluding hydrogens is 316 g/mol. The number of aryl methyl sites for hydroxylation is 1. The number of rotatable bonds is 2. The third kappa shape index (κ3) is 2.60. The third-order valence-corrected chi connectivity index (χ3v) is 6.72. The lowest BCUT2D eigenvalue weighted by molar-refractivity contribution is -0.149. The summed E-state index contributed by atoms with van der Waals surface area (Å²) >= 11 is 0. The number of hydrogen-bond acceptors (Lipinski definition) is 4. The smallest absolute Gasteiger partial charge is 0.263 e. The lowest BCUT2D eigenvalue weighted by Crippen LogP contribution is -2.63. The fourth-order valence-corrected chi connectivity index (χ4v) is 5.90. The van der Waals surface area contributed by atoms with Gasteiger partial charge in [-0.15, -0.1) is 0 Å². The summed E-state index contributed by atoms with van der Waals surface area (Å²) in [5, 5.41) is 17.3. The van der Waals surface area contributed by atoms with Crippen LogP contribution in [0.15, 0.2) is 18.2 Å². The van der Waals surface area contributed by atoms with Gasteiger partial charge in [-0.1, -0.05) is 6.07 Å². The molecule has 2 unspecified atom stereocenters. The van der Waals surface area contributed by atoms with E-state index in [2.05, 4.69) is 10.6 Å². The number of aliphatic hydroxyl groups is 1. The highest BCUT2D eigenvalue weighted by Crippen LogP contribution is 2.55. The van der Waals surface area contributed by atoms with Gasteiger partial charge in [-0.2, -0.15) is 0 Å². The van der Waals surface area contributed by atoms with Crippen LogP contribution >= 0.6 is 0 Å². The van der Waals surface area contributed by atoms with Crippen molar-refractivity contribution in [1.29, 1.82) is 0 Å². The van der Waals surface area contributed by atoms with Crippen molar-refractivity contribution in [3.8, 4) is 5.75 Å². The van der Waals surface area contributed by atoms with Crippen molar-refractivity contribution in [2.24, 2.45) is 17.8 Å². The minimum absolute atomic E-state index is 0.0248. The van der Waals surface area contributed by atoms with Crippen LogP contribution in [-0.4, -0.2) is 35.3 Å². The summed E-state index contributed by atoms with van der Waals surface area (Å²) in [4.78, 5) is 12.8. The van der Waals surface area contributed by atoms with Crippen LogP contribution in [0.4, 0.5) is 5.69 Å². The van der Waals surface area contributed by atoms with E-state index in [0.29, 0.717) is 24.3 Å². The monoisotopic (exact) mass is 342 g/mol. The molecule has 0 aromatic heterocycles. The molecule has 5 heteroatoms. The van der Waals surface area contributed by atoms with Crippen molar-refractivity contribution in [3.63, 3.8) is 0 Å². The Bertz CT molecular complexity index is 703. The first-order chi connectivity index (χ1) is 12.0. The van der Waals surface area contributed by atoms with E-state index in [1.807, 2.05) is 25.1 Å². The van der Waals surface area contributed by atoms with Gasteiger partial charge in [0.05, 0.1) is 17.8 Å². The molecule has 3 N–H and O–H groups in total. The van der Waals surface area contributed by atoms with Crippen molar-refractivity contribution >= 4 is 11.6 Å². The molecule has 4 fully saturated rings. The van der Waals surface area contributed by atoms with E-state index in [1.54, 1.807) is 0 Å². The molecule has 0 spiro atoms. The summed E-state index contributed by atoms with van der Waals surface area (Å²) in [6.07, 6.45) is 4.46. The van der Waals surface area contributed by atoms with Crippen LogP contribution < -0.4 is 15.4 Å². The number of ether oxygens (including phenoxy) is 1. The van der Waals surface area contributed by atoms with Gasteiger partial charge in [-0.25, -0.2) is 0 Å². The van der Waals surface area contributed by atoms with Gasteiger partial charge in [-0.3, -0.25) is 4.79 Å². The lowest BCUT2D eigenvalue weighted by atomic mass is 9.52. The number of anilines is 1. The van der Waals surface area contributed by atoms with Gasteiger partial charge in [0.2, 0.25) is 0 Å². The second-order valence-corrected chi connectivity index (χ2v) is 8.72. The zero-order chi connectivity index (χ0) is 17.2. The van der Waals surface area contributed by atoms with Gasteiger partial charge in [0.1, 0.15) is 5.75 Å². The zero-order valence-electron chi connectivity index (χ0n) is 14.6. The van der Waals surface area contributed by atoms with E-state index < -0.39 is 11.7 Å². The van der Waals surface area contributed by atoms with Gasteiger partial charge in [0, 0.05) is 6.04 Å². The number of nitrogens with one attached hydrogen (secondary N) is 2. The third-order valence-electron chi connectivity index (χ3n) is 6.72. The number of carbonyl (C=O) groups is 1. The van der Waals surface area contributed by atoms with Crippen molar-refractivity contribution in [1.82, 2.24) is 5.32 Å². The molecule has 134 valence electrons. The Morgan fingerprint density at radius 1 is 1.28 bits per heavy atom. The van der Waals surface area contributed by atoms with Crippen LogP contribution in [0.25, 0.3) is 0 Å². The molecule has 4 saturated carbocycles. The fraction of sp³-hybridized carbons (Fsp3) is 0.650. The Kier molecular flexibility index (Phi) is 3.33. The number of amides is 1. The maximum atomic E-state index is 12.8. The van der Waals surface area contributed by atoms with Crippen molar-refractivity contribution in [2.75, 3.05) is 11.9 Å². The van der Waals surface area contributed by atoms with Crippen molar-refractivity contribution < 1.29 is 14.6 Å². The zero-order valence-corrected chi connectivity index (χ0v) is 14.6. The molecule has 0 radical (unpaired) electrons. The van der Waals surface area contributed by atoms with Crippen LogP contribution in [0.1, 0.15) is 37.7 Å². The number of carbonyl (C=O) groups excluding carboxylic acids is 1. The molecule has 1 amide bonds. The summed E-state index contributed by atoms with van der Waals surface area (Å²) in [6, 6.07) is 6.17. The molecular formula is C20H26N2O3. The normalized spacial score (nSPS) is 40.8. The first-order valence-corrected chi connectivity index (χ1v) is 9.53. The SMILES string of the molecule is Cc1ccc2c(c1)NCC(C(=O)N[C@H]1[C@@H]3CC4C[C@H]1C[C@](O)(C4)C3)O2. The first-order valence-electron chi connectivity index (χ1n) is 9.53. The largest absolute Gasteiger partial charge is 0.477 e. The van der Waals surface area contributed by atoms with Crippen LogP contribution in [0.2, 0.25) is 0 Å². The Balaban J connectivity index is 1.28. The topological polar surface area (TPSA) is 70.6 Å². The summed E-state index contributed by atoms with van der Waals surface area (Å²) < 4.78 is 5.94. The number of hydrogen-bond donors (Lipinski definition) is 3. The Morgan fingerprint density at radius 3 is 2.76 bits per heavy atom. The van der Waals surface area contributed by atoms with Gasteiger partial charge in [-0.05, 0) is 74.5 Å². The van der Waals surface area contributed by atoms with E-state index in [9.17, 15) is 9.90 Å². The van der Waals surface area contributed by atoms with Crippen LogP contribution in [0.3, 0.4) is 0 Å². The predicted molar refractivity (Wildman–Crippen MR) is 94.5 cm³/mol. The second kappa shape index (κ2) is 5.37. The quantitative estimate of drug-likeness (QED) is 0.771. The highest BCUT2D eigenvalue weighted by atomic mass is 16.5. The molecule has 6 atom stereocenters. The molecule has 6 rings (SSSR count). The van der Waals surface area contributed by atoms with Crippen molar-refractivity contribution in [3.05, 3.63) is 23.8 Å². The predicted octanol–water partition coefficient (Wildman–Crippen LogP) is 2.22. The van der Waals surface area contributed by atoms with Gasteiger partial charge < -0.3 is 20.5 Å². The average Bonchev–Trinajstić information content (AvgIpc) is 2.56. The van der Waals surface area contributed by atoms with Crippen LogP contribution in [-0.2, 0) is 4.79 Å². The molecule has 5 aliphatic rings. The Morgan fingerprint density at radius 2 is 2.04 bits per heavy atom. The standard InChI is InChI=1S/C20H26N2O3/c1-11-2-3-16-15(4-11)21-10-17(25-16)19(23)22-18-13-5-12-6-14(18)9-20(24,7-12)8-13/h2-4,12-14,17-18,21,24H,5-10H2,1H3,(H,22,23)/t12?,13-,14+,17?,18+,20+. The number of benzene rings is 1. The minimum atomic E-state index is -0.490. The van der Waals surface area contributed by atoms with Gasteiger partial charge in [0.25, 0.3) is 5.91 Å². The van der Waals surface area contributed by atoms with E-state index >= 15 is 0 Å². The molecule has 1 heterocycles. The first kappa shape index (κ1) is 15.5. The number of fused-ring (bicyclic) bond motifs is 1. The molecule has 5 nitrogen and oxygen atoms in total. The molecule has 1 aromatic rings. The second-order valence-electron chi connectivity index (χ2n) is 8.72. The molecule has 1 aliphatic heterocycles. The maximum absolute atomic E-state index is 12.8. The highest BCUT2D eigenvalue weighted by molar-refractivity contribution is 5.83. The Hall–Kier alpha value is -1.75. The maximum Gasteiger partial charge on any atom is 0.263 e. The molecule has 1 aromatic carbocycles. The highest BCUT2D eigenvalue weighted by Gasteiger charge is 2.55. The molecule has 4 bridgehead atoms. The van der Waals surface area contributed by atoms with Crippen LogP contribution in [0, 0.1) is 24.7 Å². The lowest BCUT2D eigenvalue weighted by Gasteiger charge is -2.58. The summed E-state index contributed by atoms with van der Waals surface area (Å²) in [6.45, 7) is 2.54. The van der Waals surface area contributed by atoms with Gasteiger partial charge in [0.15, 0.2) is 6.10 Å². The van der Waals surface area contributed by atoms with E-state index in [0.717, 1.165) is 43.5 Å². The minimum Gasteiger partial charge on any atom is -0.477 e. The van der Waals surface area contributed by atoms with E-state index in [1.165, 1.54) is 5.56 Å².